The topological polar surface area (TPSA) is 75.6 Å². The van der Waals surface area contributed by atoms with Crippen molar-refractivity contribution >= 4 is 33.9 Å². The summed E-state index contributed by atoms with van der Waals surface area (Å²) in [7, 11) is 1.28. The van der Waals surface area contributed by atoms with Crippen molar-refractivity contribution in [2.45, 2.75) is 6.10 Å². The highest BCUT2D eigenvalue weighted by molar-refractivity contribution is 9.10. The quantitative estimate of drug-likeness (QED) is 0.779. The Morgan fingerprint density at radius 3 is 2.58 bits per heavy atom. The van der Waals surface area contributed by atoms with Crippen LogP contribution < -0.4 is 5.32 Å². The van der Waals surface area contributed by atoms with Crippen LogP contribution in [0.15, 0.2) is 34.8 Å². The van der Waals surface area contributed by atoms with Gasteiger partial charge in [-0.15, -0.1) is 0 Å². The molecule has 102 valence electrons. The normalized spacial score (nSPS) is 12.3. The maximum absolute atomic E-state index is 11.5. The van der Waals surface area contributed by atoms with Crippen LogP contribution in [0.2, 0.25) is 0 Å². The maximum Gasteiger partial charge on any atom is 0.334 e. The highest BCUT2D eigenvalue weighted by Gasteiger charge is 2.16. The summed E-state index contributed by atoms with van der Waals surface area (Å²) in [4.78, 5) is 22.1. The molecule has 0 aliphatic carbocycles. The second-order valence-corrected chi connectivity index (χ2v) is 4.61. The summed E-state index contributed by atoms with van der Waals surface area (Å²) in [6, 6.07) is 7.43. The number of halogens is 1. The number of hydrogen-bond acceptors (Lipinski definition) is 3. The molecule has 2 N–H and O–H groups in total. The Kier molecular flexibility index (Phi) is 6.24. The Balaban J connectivity index is 2.47. The molecule has 0 spiro atoms. The molecule has 1 aromatic rings. The van der Waals surface area contributed by atoms with E-state index in [2.05, 4.69) is 21.2 Å². The second-order valence-electron chi connectivity index (χ2n) is 3.69. The molecule has 1 amide bonds. The van der Waals surface area contributed by atoms with Gasteiger partial charge in [-0.05, 0) is 23.8 Å². The zero-order valence-corrected chi connectivity index (χ0v) is 11.9. The molecule has 6 heteroatoms. The van der Waals surface area contributed by atoms with E-state index in [1.54, 1.807) is 6.08 Å². The van der Waals surface area contributed by atoms with Crippen LogP contribution >= 0.6 is 15.9 Å². The van der Waals surface area contributed by atoms with E-state index in [0.717, 1.165) is 10.0 Å². The number of rotatable bonds is 6. The predicted molar refractivity (Wildman–Crippen MR) is 74.6 cm³/mol. The SMILES string of the molecule is COC(CNC(=O)/C=C/c1ccc(Br)cc1)C(=O)O. The van der Waals surface area contributed by atoms with Crippen LogP contribution in [0.3, 0.4) is 0 Å². The van der Waals surface area contributed by atoms with Crippen molar-refractivity contribution in [2.24, 2.45) is 0 Å². The summed E-state index contributed by atoms with van der Waals surface area (Å²) in [5.41, 5.74) is 0.875. The molecule has 1 rings (SSSR count). The molecule has 0 saturated heterocycles. The molecule has 19 heavy (non-hydrogen) atoms. The third kappa shape index (κ3) is 5.67. The smallest absolute Gasteiger partial charge is 0.334 e. The summed E-state index contributed by atoms with van der Waals surface area (Å²) in [5.74, 6) is -1.48. The van der Waals surface area contributed by atoms with Gasteiger partial charge < -0.3 is 15.2 Å². The van der Waals surface area contributed by atoms with E-state index >= 15 is 0 Å². The van der Waals surface area contributed by atoms with Gasteiger partial charge in [-0.1, -0.05) is 28.1 Å². The van der Waals surface area contributed by atoms with Crippen LogP contribution in [0.5, 0.6) is 0 Å². The van der Waals surface area contributed by atoms with E-state index < -0.39 is 12.1 Å². The zero-order valence-electron chi connectivity index (χ0n) is 10.3. The number of carboxylic acid groups (broad SMARTS) is 1. The highest BCUT2D eigenvalue weighted by atomic mass is 79.9. The van der Waals surface area contributed by atoms with Crippen LogP contribution in [0.1, 0.15) is 5.56 Å². The molecule has 1 atom stereocenters. The van der Waals surface area contributed by atoms with Crippen molar-refractivity contribution in [2.75, 3.05) is 13.7 Å². The van der Waals surface area contributed by atoms with Crippen molar-refractivity contribution in [3.63, 3.8) is 0 Å². The molecule has 0 radical (unpaired) electrons. The number of benzene rings is 1. The standard InChI is InChI=1S/C13H14BrNO4/c1-19-11(13(17)18)8-15-12(16)7-4-9-2-5-10(14)6-3-9/h2-7,11H,8H2,1H3,(H,15,16)(H,17,18)/b7-4+. The van der Waals surface area contributed by atoms with Gasteiger partial charge in [-0.25, -0.2) is 4.79 Å². The molecule has 0 bridgehead atoms. The van der Waals surface area contributed by atoms with Gasteiger partial charge in [0.1, 0.15) is 0 Å². The Labute approximate surface area is 119 Å². The van der Waals surface area contributed by atoms with Crippen LogP contribution in [0.4, 0.5) is 0 Å². The van der Waals surface area contributed by atoms with Crippen molar-refractivity contribution in [3.05, 3.63) is 40.4 Å². The van der Waals surface area contributed by atoms with E-state index in [9.17, 15) is 9.59 Å². The lowest BCUT2D eigenvalue weighted by Gasteiger charge is -2.09. The number of methoxy groups -OCH3 is 1. The third-order valence-corrected chi connectivity index (χ3v) is 2.85. The number of hydrogen-bond donors (Lipinski definition) is 2. The Hall–Kier alpha value is -1.66. The number of carboxylic acids is 1. The second kappa shape index (κ2) is 7.70. The molecule has 0 heterocycles. The van der Waals surface area contributed by atoms with E-state index in [4.69, 9.17) is 9.84 Å². The number of ether oxygens (including phenoxy) is 1. The minimum absolute atomic E-state index is 0.0741. The molecular formula is C13H14BrNO4. The van der Waals surface area contributed by atoms with Crippen molar-refractivity contribution < 1.29 is 19.4 Å². The average molecular weight is 328 g/mol. The first-order chi connectivity index (χ1) is 9.02. The fourth-order valence-corrected chi connectivity index (χ4v) is 1.53. The summed E-state index contributed by atoms with van der Waals surface area (Å²) in [6.07, 6.45) is 1.95. The van der Waals surface area contributed by atoms with Gasteiger partial charge in [0.05, 0.1) is 6.54 Å². The number of nitrogens with one attached hydrogen (secondary N) is 1. The van der Waals surface area contributed by atoms with E-state index in [1.165, 1.54) is 13.2 Å². The number of carbonyl (C=O) groups is 2. The van der Waals surface area contributed by atoms with Gasteiger partial charge in [0.15, 0.2) is 6.10 Å². The predicted octanol–water partition coefficient (Wildman–Crippen LogP) is 1.68. The van der Waals surface area contributed by atoms with Gasteiger partial charge >= 0.3 is 5.97 Å². The van der Waals surface area contributed by atoms with Crippen molar-refractivity contribution in [3.8, 4) is 0 Å². The molecule has 1 unspecified atom stereocenters. The van der Waals surface area contributed by atoms with Crippen molar-refractivity contribution in [1.82, 2.24) is 5.32 Å². The van der Waals surface area contributed by atoms with Gasteiger partial charge in [-0.2, -0.15) is 0 Å². The summed E-state index contributed by atoms with van der Waals surface area (Å²) < 4.78 is 5.65. The first-order valence-corrected chi connectivity index (χ1v) is 6.29. The van der Waals surface area contributed by atoms with Gasteiger partial charge in [0.2, 0.25) is 5.91 Å². The van der Waals surface area contributed by atoms with E-state index in [1.807, 2.05) is 24.3 Å². The van der Waals surface area contributed by atoms with Crippen LogP contribution in [0.25, 0.3) is 6.08 Å². The first-order valence-electron chi connectivity index (χ1n) is 5.50. The maximum atomic E-state index is 11.5. The fourth-order valence-electron chi connectivity index (χ4n) is 1.27. The summed E-state index contributed by atoms with van der Waals surface area (Å²) in [5, 5.41) is 11.2. The van der Waals surface area contributed by atoms with Crippen LogP contribution in [-0.4, -0.2) is 36.7 Å². The van der Waals surface area contributed by atoms with Crippen molar-refractivity contribution in [1.29, 1.82) is 0 Å². The largest absolute Gasteiger partial charge is 0.479 e. The molecule has 0 aromatic heterocycles. The summed E-state index contributed by atoms with van der Waals surface area (Å²) >= 11 is 3.31. The lowest BCUT2D eigenvalue weighted by molar-refractivity contribution is -0.148. The van der Waals surface area contributed by atoms with E-state index in [-0.39, 0.29) is 12.5 Å². The monoisotopic (exact) mass is 327 g/mol. The Morgan fingerprint density at radius 1 is 1.42 bits per heavy atom. The molecular weight excluding hydrogens is 314 g/mol. The molecule has 0 saturated carbocycles. The first kappa shape index (κ1) is 15.4. The zero-order chi connectivity index (χ0) is 14.3. The average Bonchev–Trinajstić information content (AvgIpc) is 2.38. The minimum atomic E-state index is -1.11. The highest BCUT2D eigenvalue weighted by Crippen LogP contribution is 2.11. The van der Waals surface area contributed by atoms with Gasteiger partial charge in [-0.3, -0.25) is 4.79 Å². The van der Waals surface area contributed by atoms with Gasteiger partial charge in [0, 0.05) is 17.7 Å². The minimum Gasteiger partial charge on any atom is -0.479 e. The summed E-state index contributed by atoms with van der Waals surface area (Å²) in [6.45, 7) is -0.0741. The molecule has 0 aliphatic rings. The third-order valence-electron chi connectivity index (χ3n) is 2.32. The van der Waals surface area contributed by atoms with E-state index in [0.29, 0.717) is 0 Å². The molecule has 1 aromatic carbocycles. The molecule has 0 fully saturated rings. The lowest BCUT2D eigenvalue weighted by atomic mass is 10.2. The van der Waals surface area contributed by atoms with Crippen LogP contribution in [-0.2, 0) is 14.3 Å². The number of aliphatic carboxylic acids is 1. The molecule has 5 nitrogen and oxygen atoms in total. The Bertz CT molecular complexity index is 470. The Morgan fingerprint density at radius 2 is 2.05 bits per heavy atom. The number of carbonyl (C=O) groups excluding carboxylic acids is 1. The lowest BCUT2D eigenvalue weighted by Crippen LogP contribution is -2.37. The molecule has 0 aliphatic heterocycles. The van der Waals surface area contributed by atoms with Gasteiger partial charge in [0.25, 0.3) is 0 Å². The number of amides is 1. The van der Waals surface area contributed by atoms with Crippen LogP contribution in [0, 0.1) is 0 Å². The fraction of sp³-hybridized carbons (Fsp3) is 0.231.